The highest BCUT2D eigenvalue weighted by atomic mass is 16.7. The number of fused-ring (bicyclic) bond motifs is 1. The zero-order chi connectivity index (χ0) is 26.6. The van der Waals surface area contributed by atoms with Crippen molar-refractivity contribution in [3.63, 3.8) is 0 Å². The monoisotopic (exact) mass is 496 g/mol. The smallest absolute Gasteiger partial charge is 0.328 e. The lowest BCUT2D eigenvalue weighted by molar-refractivity contribution is -0.909. The summed E-state index contributed by atoms with van der Waals surface area (Å²) < 4.78 is 11.5. The predicted octanol–water partition coefficient (Wildman–Crippen LogP) is -3.58. The molecule has 1 aliphatic rings. The predicted molar refractivity (Wildman–Crippen MR) is 118 cm³/mol. The summed E-state index contributed by atoms with van der Waals surface area (Å²) in [6.45, 7) is 10.4. The van der Waals surface area contributed by atoms with Gasteiger partial charge in [-0.3, -0.25) is 0 Å². The van der Waals surface area contributed by atoms with Crippen LogP contribution in [0.3, 0.4) is 0 Å². The maximum atomic E-state index is 9.53. The molecule has 0 saturated carbocycles. The van der Waals surface area contributed by atoms with Crippen LogP contribution in [0.15, 0.2) is 48.6 Å². The standard InChI is InChI=1S/C15H24N2O2.2C4H4O4/c1-3-17(4-2)12-11-16-10-9-15-18-13-7-5-6-8-14(13)19-15;2*5-3(6)1-2-4(7)8/h5-8,15-16H,3-4,9-12H2,1-2H3;2*1-2H,(H,5,6)(H,7,8)/b;2*2-1-. The average Bonchev–Trinajstić information content (AvgIpc) is 3.22. The van der Waals surface area contributed by atoms with Crippen molar-refractivity contribution in [1.29, 1.82) is 0 Å². The highest BCUT2D eigenvalue weighted by molar-refractivity contribution is 5.89. The van der Waals surface area contributed by atoms with Crippen molar-refractivity contribution >= 4 is 23.9 Å². The molecule has 0 unspecified atom stereocenters. The van der Waals surface area contributed by atoms with Gasteiger partial charge in [0.15, 0.2) is 11.5 Å². The van der Waals surface area contributed by atoms with Gasteiger partial charge in [-0.1, -0.05) is 12.1 Å². The third-order valence-corrected chi connectivity index (χ3v) is 4.40. The van der Waals surface area contributed by atoms with Crippen molar-refractivity contribution in [1.82, 2.24) is 0 Å². The zero-order valence-corrected chi connectivity index (χ0v) is 19.7. The van der Waals surface area contributed by atoms with Crippen molar-refractivity contribution in [2.45, 2.75) is 26.6 Å². The van der Waals surface area contributed by atoms with Crippen molar-refractivity contribution < 1.29 is 59.3 Å². The lowest BCUT2D eigenvalue weighted by Crippen LogP contribution is -3.14. The van der Waals surface area contributed by atoms with Gasteiger partial charge >= 0.3 is 11.9 Å². The number of rotatable bonds is 12. The van der Waals surface area contributed by atoms with E-state index in [1.165, 1.54) is 26.2 Å². The Labute approximate surface area is 203 Å². The first kappa shape index (κ1) is 31.1. The number of quaternary nitrogens is 2. The largest absolute Gasteiger partial charge is 0.545 e. The number of carboxylic acid groups (broad SMARTS) is 4. The molecular weight excluding hydrogens is 464 g/mol. The van der Waals surface area contributed by atoms with E-state index in [0.717, 1.165) is 24.5 Å². The lowest BCUT2D eigenvalue weighted by atomic mass is 10.3. The van der Waals surface area contributed by atoms with Crippen LogP contribution in [0.2, 0.25) is 0 Å². The summed E-state index contributed by atoms with van der Waals surface area (Å²) in [7, 11) is 0. The number of likely N-dealkylation sites (N-methyl/N-ethyl adjacent to an activating group) is 1. The molecule has 1 heterocycles. The Morgan fingerprint density at radius 3 is 1.69 bits per heavy atom. The minimum atomic E-state index is -1.51. The molecule has 0 saturated heterocycles. The Hall–Kier alpha value is -3.90. The first-order valence-corrected chi connectivity index (χ1v) is 10.9. The van der Waals surface area contributed by atoms with E-state index < -0.39 is 23.9 Å². The molecule has 194 valence electrons. The molecule has 0 aromatic heterocycles. The molecule has 1 aromatic carbocycles. The van der Waals surface area contributed by atoms with Crippen LogP contribution in [0.1, 0.15) is 20.3 Å². The van der Waals surface area contributed by atoms with Crippen LogP contribution < -0.4 is 29.9 Å². The van der Waals surface area contributed by atoms with Gasteiger partial charge in [0.2, 0.25) is 6.29 Å². The molecule has 0 spiro atoms. The first-order valence-electron chi connectivity index (χ1n) is 10.9. The Balaban J connectivity index is 0.000000601. The Morgan fingerprint density at radius 1 is 0.886 bits per heavy atom. The number of ether oxygens (including phenoxy) is 2. The second kappa shape index (κ2) is 18.5. The number of nitrogens with one attached hydrogen (secondary N) is 1. The van der Waals surface area contributed by atoms with Gasteiger partial charge in [-0.15, -0.1) is 0 Å². The number of carboxylic acids is 4. The number of hydrogen-bond donors (Lipinski definition) is 4. The second-order valence-electron chi connectivity index (χ2n) is 6.96. The topological polar surface area (TPSA) is 194 Å². The van der Waals surface area contributed by atoms with Crippen molar-refractivity contribution in [2.75, 3.05) is 32.7 Å². The zero-order valence-electron chi connectivity index (χ0n) is 19.7. The number of carbonyl (C=O) groups excluding carboxylic acids is 2. The van der Waals surface area contributed by atoms with Crippen LogP contribution in [0.5, 0.6) is 11.5 Å². The third kappa shape index (κ3) is 17.3. The summed E-state index contributed by atoms with van der Waals surface area (Å²) in [5.41, 5.74) is 0. The normalized spacial score (nSPS) is 12.1. The SMILES string of the molecule is CC[NH+](CC)CC[NH2+]CCC1Oc2ccccc2O1.O=C([O-])/C=C\C(=O)O.O=C([O-])/C=C\C(=O)O. The van der Waals surface area contributed by atoms with Gasteiger partial charge in [0.05, 0.1) is 38.0 Å². The van der Waals surface area contributed by atoms with Crippen LogP contribution in [-0.2, 0) is 19.2 Å². The molecule has 0 fully saturated rings. The van der Waals surface area contributed by atoms with Gasteiger partial charge < -0.3 is 49.7 Å². The third-order valence-electron chi connectivity index (χ3n) is 4.40. The Morgan fingerprint density at radius 2 is 1.34 bits per heavy atom. The molecule has 12 nitrogen and oxygen atoms in total. The van der Waals surface area contributed by atoms with E-state index in [-0.39, 0.29) is 6.29 Å². The van der Waals surface area contributed by atoms with E-state index in [4.69, 9.17) is 19.7 Å². The molecule has 0 atom stereocenters. The molecule has 35 heavy (non-hydrogen) atoms. The van der Waals surface area contributed by atoms with E-state index in [1.54, 1.807) is 4.90 Å². The van der Waals surface area contributed by atoms with E-state index in [9.17, 15) is 29.4 Å². The fraction of sp³-hybridized carbons (Fsp3) is 0.391. The minimum absolute atomic E-state index is 0.102. The van der Waals surface area contributed by atoms with Crippen LogP contribution in [0, 0.1) is 0 Å². The number of carbonyl (C=O) groups is 4. The summed E-state index contributed by atoms with van der Waals surface area (Å²) in [4.78, 5) is 39.6. The molecule has 1 aromatic rings. The summed E-state index contributed by atoms with van der Waals surface area (Å²) in [5, 5.41) is 36.8. The van der Waals surface area contributed by atoms with Crippen molar-refractivity contribution in [3.8, 4) is 11.5 Å². The highest BCUT2D eigenvalue weighted by Gasteiger charge is 2.23. The maximum absolute atomic E-state index is 9.53. The molecule has 0 amide bonds. The van der Waals surface area contributed by atoms with Gasteiger partial charge in [0, 0.05) is 12.2 Å². The van der Waals surface area contributed by atoms with Crippen LogP contribution in [-0.4, -0.2) is 73.1 Å². The first-order chi connectivity index (χ1) is 16.6. The van der Waals surface area contributed by atoms with Crippen LogP contribution >= 0.6 is 0 Å². The molecular formula is C23H32N2O10. The Bertz CT molecular complexity index is 775. The minimum Gasteiger partial charge on any atom is -0.545 e. The van der Waals surface area contributed by atoms with Gasteiger partial charge in [0.1, 0.15) is 13.1 Å². The second-order valence-corrected chi connectivity index (χ2v) is 6.96. The number of nitrogens with two attached hydrogens (primary N) is 1. The van der Waals surface area contributed by atoms with Gasteiger partial charge in [-0.2, -0.15) is 0 Å². The summed E-state index contributed by atoms with van der Waals surface area (Å²) >= 11 is 0. The quantitative estimate of drug-likeness (QED) is 0.166. The van der Waals surface area contributed by atoms with Gasteiger partial charge in [-0.25, -0.2) is 9.59 Å². The van der Waals surface area contributed by atoms with Crippen molar-refractivity contribution in [3.05, 3.63) is 48.6 Å². The van der Waals surface area contributed by atoms with E-state index in [2.05, 4.69) is 19.2 Å². The number of aliphatic carboxylic acids is 4. The van der Waals surface area contributed by atoms with Crippen molar-refractivity contribution in [2.24, 2.45) is 0 Å². The van der Waals surface area contributed by atoms with E-state index in [0.29, 0.717) is 24.3 Å². The molecule has 0 bridgehead atoms. The Kier molecular flexibility index (Phi) is 16.5. The highest BCUT2D eigenvalue weighted by Crippen LogP contribution is 2.34. The molecule has 5 N–H and O–H groups in total. The number of benzene rings is 1. The summed E-state index contributed by atoms with van der Waals surface area (Å²) in [6.07, 6.45) is 2.71. The van der Waals surface area contributed by atoms with Gasteiger partial charge in [-0.05, 0) is 38.1 Å². The summed E-state index contributed by atoms with van der Waals surface area (Å²) in [6, 6.07) is 7.87. The number of hydrogen-bond acceptors (Lipinski definition) is 8. The molecule has 12 heteroatoms. The molecule has 0 radical (unpaired) electrons. The van der Waals surface area contributed by atoms with E-state index in [1.807, 2.05) is 24.3 Å². The molecule has 1 aliphatic heterocycles. The fourth-order valence-corrected chi connectivity index (χ4v) is 2.66. The maximum Gasteiger partial charge on any atom is 0.328 e. The lowest BCUT2D eigenvalue weighted by Gasteiger charge is -2.14. The number of para-hydroxylation sites is 2. The van der Waals surface area contributed by atoms with Crippen LogP contribution in [0.25, 0.3) is 0 Å². The molecule has 0 aliphatic carbocycles. The molecule has 2 rings (SSSR count). The average molecular weight is 497 g/mol. The van der Waals surface area contributed by atoms with E-state index >= 15 is 0 Å². The summed E-state index contributed by atoms with van der Waals surface area (Å²) in [5.74, 6) is -3.86. The van der Waals surface area contributed by atoms with Gasteiger partial charge in [0.25, 0.3) is 0 Å². The van der Waals surface area contributed by atoms with Crippen LogP contribution in [0.4, 0.5) is 0 Å². The fourth-order valence-electron chi connectivity index (χ4n) is 2.66.